The first kappa shape index (κ1) is 16.0. The molecule has 0 saturated carbocycles. The predicted octanol–water partition coefficient (Wildman–Crippen LogP) is 4.90. The van der Waals surface area contributed by atoms with Gasteiger partial charge >= 0.3 is 0 Å². The minimum atomic E-state index is 0.547. The third-order valence-electron chi connectivity index (χ3n) is 2.11. The van der Waals surface area contributed by atoms with Crippen molar-refractivity contribution < 1.29 is 0 Å². The van der Waals surface area contributed by atoms with Crippen LogP contribution in [0, 0.1) is 5.92 Å². The van der Waals surface area contributed by atoms with E-state index in [0.29, 0.717) is 11.8 Å². The summed E-state index contributed by atoms with van der Waals surface area (Å²) in [4.78, 5) is 8.31. The van der Waals surface area contributed by atoms with Gasteiger partial charge in [0.1, 0.15) is 0 Å². The Morgan fingerprint density at radius 1 is 1.29 bits per heavy atom. The lowest BCUT2D eigenvalue weighted by atomic mass is 10.1. The molecule has 0 aliphatic carbocycles. The molecule has 1 rings (SSSR count). The van der Waals surface area contributed by atoms with Crippen molar-refractivity contribution in [1.82, 2.24) is 4.98 Å². The fourth-order valence-electron chi connectivity index (χ4n) is 1.23. The van der Waals surface area contributed by atoms with E-state index >= 15 is 0 Å². The monoisotopic (exact) mass is 252 g/mol. The Balaban J connectivity index is 0.000000302. The van der Waals surface area contributed by atoms with Crippen molar-refractivity contribution in [2.45, 2.75) is 47.5 Å². The molecule has 0 saturated heterocycles. The van der Waals surface area contributed by atoms with Crippen molar-refractivity contribution >= 4 is 17.6 Å². The van der Waals surface area contributed by atoms with E-state index in [1.165, 1.54) is 5.01 Å². The second kappa shape index (κ2) is 9.11. The lowest BCUT2D eigenvalue weighted by Gasteiger charge is -2.02. The molecule has 96 valence electrons. The molecular weight excluding hydrogens is 228 g/mol. The molecule has 17 heavy (non-hydrogen) atoms. The minimum absolute atomic E-state index is 0.547. The third-order valence-corrected chi connectivity index (χ3v) is 3.19. The predicted molar refractivity (Wildman–Crippen MR) is 79.0 cm³/mol. The summed E-state index contributed by atoms with van der Waals surface area (Å²) in [5.41, 5.74) is 1.16. The van der Waals surface area contributed by atoms with Crippen molar-refractivity contribution in [3.05, 3.63) is 28.4 Å². The number of thiazole rings is 1. The highest BCUT2D eigenvalue weighted by atomic mass is 32.1. The topological polar surface area (TPSA) is 25.2 Å². The van der Waals surface area contributed by atoms with Crippen LogP contribution in [0.1, 0.15) is 52.5 Å². The van der Waals surface area contributed by atoms with E-state index in [2.05, 4.69) is 37.7 Å². The van der Waals surface area contributed by atoms with Gasteiger partial charge in [-0.25, -0.2) is 4.98 Å². The van der Waals surface area contributed by atoms with E-state index in [0.717, 1.165) is 5.70 Å². The van der Waals surface area contributed by atoms with Crippen molar-refractivity contribution in [3.8, 4) is 0 Å². The van der Waals surface area contributed by atoms with Crippen LogP contribution in [0.2, 0.25) is 0 Å². The molecule has 0 aliphatic rings. The maximum atomic E-state index is 4.18. The van der Waals surface area contributed by atoms with Gasteiger partial charge < -0.3 is 0 Å². The van der Waals surface area contributed by atoms with Crippen LogP contribution in [-0.2, 0) is 0 Å². The van der Waals surface area contributed by atoms with Crippen LogP contribution in [0.15, 0.2) is 28.3 Å². The molecule has 0 amide bonds. The van der Waals surface area contributed by atoms with Crippen LogP contribution in [-0.4, -0.2) is 11.2 Å². The Hall–Kier alpha value is -0.960. The average molecular weight is 252 g/mol. The summed E-state index contributed by atoms with van der Waals surface area (Å²) in [7, 11) is 0. The molecule has 3 heteroatoms. The summed E-state index contributed by atoms with van der Waals surface area (Å²) in [6.45, 7) is 12.5. The minimum Gasteiger partial charge on any atom is -0.266 e. The molecule has 0 aromatic carbocycles. The van der Waals surface area contributed by atoms with Crippen LogP contribution in [0.3, 0.4) is 0 Å². The SMILES string of the molecule is CC(C)c1nccs1.CC=N/C(=C\C)C(C)C. The molecule has 0 unspecified atom stereocenters. The average Bonchev–Trinajstić information content (AvgIpc) is 2.79. The van der Waals surface area contributed by atoms with Crippen LogP contribution in [0.4, 0.5) is 0 Å². The molecule has 0 N–H and O–H groups in total. The molecule has 0 aliphatic heterocycles. The number of aromatic nitrogens is 1. The number of nitrogens with zero attached hydrogens (tertiary/aromatic N) is 2. The lowest BCUT2D eigenvalue weighted by Crippen LogP contribution is -1.89. The van der Waals surface area contributed by atoms with Gasteiger partial charge in [0, 0.05) is 29.4 Å². The van der Waals surface area contributed by atoms with E-state index in [4.69, 9.17) is 0 Å². The van der Waals surface area contributed by atoms with Crippen LogP contribution >= 0.6 is 11.3 Å². The van der Waals surface area contributed by atoms with Gasteiger partial charge in [-0.1, -0.05) is 33.8 Å². The molecule has 0 fully saturated rings. The zero-order valence-electron chi connectivity index (χ0n) is 11.8. The first-order valence-electron chi connectivity index (χ1n) is 6.07. The van der Waals surface area contributed by atoms with Crippen molar-refractivity contribution in [3.63, 3.8) is 0 Å². The molecule has 1 aromatic heterocycles. The molecule has 1 heterocycles. The van der Waals surface area contributed by atoms with Gasteiger partial charge in [0.25, 0.3) is 0 Å². The van der Waals surface area contributed by atoms with Crippen molar-refractivity contribution in [2.24, 2.45) is 10.9 Å². The molecule has 1 aromatic rings. The molecule has 0 radical (unpaired) electrons. The highest BCUT2D eigenvalue weighted by molar-refractivity contribution is 7.09. The second-order valence-corrected chi connectivity index (χ2v) is 5.21. The van der Waals surface area contributed by atoms with Gasteiger partial charge in [-0.15, -0.1) is 11.3 Å². The number of aliphatic imine (C=N–C) groups is 1. The molecule has 2 nitrogen and oxygen atoms in total. The lowest BCUT2D eigenvalue weighted by molar-refractivity contribution is 0.757. The molecule has 0 atom stereocenters. The summed E-state index contributed by atoms with van der Waals surface area (Å²) in [5, 5.41) is 3.24. The summed E-state index contributed by atoms with van der Waals surface area (Å²) >= 11 is 1.72. The van der Waals surface area contributed by atoms with Gasteiger partial charge in [0.15, 0.2) is 0 Å². The van der Waals surface area contributed by atoms with E-state index < -0.39 is 0 Å². The maximum Gasteiger partial charge on any atom is 0.0950 e. The fourth-order valence-corrected chi connectivity index (χ4v) is 1.88. The summed E-state index contributed by atoms with van der Waals surface area (Å²) in [6, 6.07) is 0. The van der Waals surface area contributed by atoms with Gasteiger partial charge in [-0.05, 0) is 19.8 Å². The summed E-state index contributed by atoms with van der Waals surface area (Å²) in [6.07, 6.45) is 5.72. The van der Waals surface area contributed by atoms with Gasteiger partial charge in [-0.2, -0.15) is 0 Å². The van der Waals surface area contributed by atoms with Crippen LogP contribution in [0.25, 0.3) is 0 Å². The smallest absolute Gasteiger partial charge is 0.0950 e. The van der Waals surface area contributed by atoms with E-state index in [1.54, 1.807) is 11.3 Å². The Labute approximate surface area is 110 Å². The summed E-state index contributed by atoms with van der Waals surface area (Å²) in [5.74, 6) is 1.14. The van der Waals surface area contributed by atoms with Crippen LogP contribution < -0.4 is 0 Å². The highest BCUT2D eigenvalue weighted by Gasteiger charge is 1.98. The first-order chi connectivity index (χ1) is 8.02. The quantitative estimate of drug-likeness (QED) is 0.702. The Morgan fingerprint density at radius 3 is 2.12 bits per heavy atom. The van der Waals surface area contributed by atoms with E-state index in [9.17, 15) is 0 Å². The molecule has 0 spiro atoms. The number of hydrogen-bond donors (Lipinski definition) is 0. The van der Waals surface area contributed by atoms with Crippen molar-refractivity contribution in [2.75, 3.05) is 0 Å². The number of hydrogen-bond acceptors (Lipinski definition) is 3. The summed E-state index contributed by atoms with van der Waals surface area (Å²) < 4.78 is 0. The first-order valence-corrected chi connectivity index (χ1v) is 6.95. The Morgan fingerprint density at radius 2 is 1.94 bits per heavy atom. The Bertz CT molecular complexity index is 335. The van der Waals surface area contributed by atoms with E-state index in [-0.39, 0.29) is 0 Å². The fraction of sp³-hybridized carbons (Fsp3) is 0.571. The zero-order chi connectivity index (χ0) is 13.3. The molecular formula is C14H24N2S. The van der Waals surface area contributed by atoms with Gasteiger partial charge in [0.2, 0.25) is 0 Å². The number of allylic oxidation sites excluding steroid dienone is 2. The maximum absolute atomic E-state index is 4.18. The normalized spacial score (nSPS) is 12.1. The van der Waals surface area contributed by atoms with E-state index in [1.807, 2.05) is 37.7 Å². The number of rotatable bonds is 3. The standard InChI is InChI=1S/C8H15N.C6H9NS/c1-5-8(7(3)4)9-6-2;1-5(2)6-7-3-4-8-6/h5-7H,1-4H3;3-5H,1-2H3/b8-5-,9-6?;. The van der Waals surface area contributed by atoms with Gasteiger partial charge in [0.05, 0.1) is 5.01 Å². The van der Waals surface area contributed by atoms with Crippen molar-refractivity contribution in [1.29, 1.82) is 0 Å². The van der Waals surface area contributed by atoms with Gasteiger partial charge in [-0.3, -0.25) is 4.99 Å². The largest absolute Gasteiger partial charge is 0.266 e. The zero-order valence-corrected chi connectivity index (χ0v) is 12.6. The highest BCUT2D eigenvalue weighted by Crippen LogP contribution is 2.15. The third kappa shape index (κ3) is 7.05. The van der Waals surface area contributed by atoms with Crippen LogP contribution in [0.5, 0.6) is 0 Å². The second-order valence-electron chi connectivity index (χ2n) is 4.28. The Kier molecular flexibility index (Phi) is 8.60. The molecule has 0 bridgehead atoms.